The Labute approximate surface area is 216 Å². The lowest BCUT2D eigenvalue weighted by Crippen LogP contribution is -2.70. The van der Waals surface area contributed by atoms with Gasteiger partial charge in [-0.2, -0.15) is 0 Å². The minimum atomic E-state index is -1.25. The summed E-state index contributed by atoms with van der Waals surface area (Å²) in [6.45, 7) is 9.29. The van der Waals surface area contributed by atoms with Crippen LogP contribution in [0, 0.1) is 34.5 Å². The van der Waals surface area contributed by atoms with E-state index in [-0.39, 0.29) is 54.1 Å². The molecule has 3 fully saturated rings. The van der Waals surface area contributed by atoms with E-state index < -0.39 is 27.4 Å². The molecule has 3 saturated carbocycles. The number of carbonyl (C=O) groups excluding carboxylic acids is 3. The number of ether oxygens (including phenoxy) is 3. The molecule has 8 heteroatoms. The first-order valence-corrected chi connectivity index (χ1v) is 13.5. The van der Waals surface area contributed by atoms with E-state index in [1.165, 1.54) is 14.0 Å². The van der Waals surface area contributed by atoms with E-state index in [2.05, 4.69) is 36.7 Å². The molecule has 0 aliphatic heterocycles. The van der Waals surface area contributed by atoms with Crippen molar-refractivity contribution in [3.8, 4) is 0 Å². The Balaban J connectivity index is 1.82. The summed E-state index contributed by atoms with van der Waals surface area (Å²) >= 11 is 4.12. The molecule has 0 bridgehead atoms. The van der Waals surface area contributed by atoms with Crippen molar-refractivity contribution in [2.75, 3.05) is 20.5 Å². The monoisotopic (exact) mass is 554 g/mol. The van der Waals surface area contributed by atoms with E-state index in [0.717, 1.165) is 18.4 Å². The molecule has 0 amide bonds. The first kappa shape index (κ1) is 27.0. The van der Waals surface area contributed by atoms with E-state index in [0.29, 0.717) is 19.3 Å². The van der Waals surface area contributed by atoms with Crippen LogP contribution in [0.2, 0.25) is 0 Å². The molecule has 4 aliphatic carbocycles. The number of aliphatic hydroxyl groups excluding tert-OH is 1. The molecule has 4 aliphatic rings. The largest absolute Gasteiger partial charge is 0.458 e. The summed E-state index contributed by atoms with van der Waals surface area (Å²) in [6.07, 6.45) is 4.13. The number of esters is 1. The number of alkyl halides is 1. The summed E-state index contributed by atoms with van der Waals surface area (Å²) in [6, 6.07) is 0. The number of aliphatic hydroxyl groups is 1. The third-order valence-corrected chi connectivity index (χ3v) is 12.1. The Bertz CT molecular complexity index is 948. The van der Waals surface area contributed by atoms with E-state index in [9.17, 15) is 19.5 Å². The average molecular weight is 556 g/mol. The fourth-order valence-corrected chi connectivity index (χ4v) is 9.79. The van der Waals surface area contributed by atoms with Gasteiger partial charge in [0.25, 0.3) is 0 Å². The fourth-order valence-electron chi connectivity index (χ4n) is 8.70. The molecule has 4 rings (SSSR count). The number of Topliss-reactive ketones (excluding diaryl/α,β-unsaturated/α-hetero) is 1. The molecule has 0 saturated heterocycles. The summed E-state index contributed by atoms with van der Waals surface area (Å²) in [5.41, 5.74) is -1.18. The molecule has 0 aromatic carbocycles. The van der Waals surface area contributed by atoms with Crippen molar-refractivity contribution >= 4 is 33.5 Å². The smallest absolute Gasteiger partial charge is 0.303 e. The minimum Gasteiger partial charge on any atom is -0.458 e. The maximum absolute atomic E-state index is 13.8. The van der Waals surface area contributed by atoms with Gasteiger partial charge in [0.1, 0.15) is 12.4 Å². The van der Waals surface area contributed by atoms with Gasteiger partial charge in [-0.3, -0.25) is 14.4 Å². The number of fused-ring (bicyclic) bond motifs is 5. The van der Waals surface area contributed by atoms with Gasteiger partial charge < -0.3 is 19.3 Å². The number of hydrogen-bond acceptors (Lipinski definition) is 7. The zero-order chi connectivity index (χ0) is 26.0. The first-order valence-electron chi connectivity index (χ1n) is 12.7. The zero-order valence-corrected chi connectivity index (χ0v) is 23.3. The molecule has 35 heavy (non-hydrogen) atoms. The molecule has 0 unspecified atom stereocenters. The van der Waals surface area contributed by atoms with Crippen LogP contribution >= 0.6 is 15.9 Å². The molecule has 9 atom stereocenters. The second-order valence-electron chi connectivity index (χ2n) is 11.8. The van der Waals surface area contributed by atoms with Gasteiger partial charge >= 0.3 is 5.97 Å². The summed E-state index contributed by atoms with van der Waals surface area (Å²) in [5.74, 6) is -0.462. The molecular weight excluding hydrogens is 516 g/mol. The van der Waals surface area contributed by atoms with Crippen molar-refractivity contribution in [3.05, 3.63) is 11.6 Å². The lowest BCUT2D eigenvalue weighted by Gasteiger charge is -2.66. The number of rotatable bonds is 6. The molecule has 0 radical (unpaired) electrons. The summed E-state index contributed by atoms with van der Waals surface area (Å²) < 4.78 is 16.1. The Morgan fingerprint density at radius 1 is 1.20 bits per heavy atom. The molecule has 1 N–H and O–H groups in total. The lowest BCUT2D eigenvalue weighted by atomic mass is 9.43. The van der Waals surface area contributed by atoms with Crippen molar-refractivity contribution in [2.24, 2.45) is 34.5 Å². The van der Waals surface area contributed by atoms with Gasteiger partial charge in [-0.1, -0.05) is 49.2 Å². The average Bonchev–Trinajstić information content (AvgIpc) is 3.01. The van der Waals surface area contributed by atoms with Crippen molar-refractivity contribution in [2.45, 2.75) is 82.8 Å². The summed E-state index contributed by atoms with van der Waals surface area (Å²) in [7, 11) is 1.52. The lowest BCUT2D eigenvalue weighted by molar-refractivity contribution is -0.221. The second kappa shape index (κ2) is 9.03. The normalized spacial score (nSPS) is 46.8. The highest BCUT2D eigenvalue weighted by Gasteiger charge is 2.76. The Morgan fingerprint density at radius 3 is 2.51 bits per heavy atom. The molecule has 0 aromatic heterocycles. The minimum absolute atomic E-state index is 0.0677. The molecule has 0 spiro atoms. The Morgan fingerprint density at radius 2 is 1.89 bits per heavy atom. The number of halogens is 1. The van der Waals surface area contributed by atoms with E-state index >= 15 is 0 Å². The van der Waals surface area contributed by atoms with Crippen molar-refractivity contribution < 1.29 is 33.7 Å². The van der Waals surface area contributed by atoms with E-state index in [1.807, 2.05) is 13.0 Å². The molecule has 7 nitrogen and oxygen atoms in total. The SMILES string of the molecule is COCO[C@]1(C(=O)COC(C)=O)[C@@H](C)C[C@H]2[C@@H]3C[C@H](C)C4=CC(=O)CC[C@]4(C)[C@@]3(Br)[C@@H](O)C[C@@]21C. The molecule has 0 heterocycles. The fraction of sp³-hybridized carbons (Fsp3) is 0.815. The van der Waals surface area contributed by atoms with Crippen LogP contribution in [-0.4, -0.2) is 59.2 Å². The van der Waals surface area contributed by atoms with Crippen molar-refractivity contribution in [1.82, 2.24) is 0 Å². The predicted molar refractivity (Wildman–Crippen MR) is 133 cm³/mol. The van der Waals surface area contributed by atoms with Crippen molar-refractivity contribution in [3.63, 3.8) is 0 Å². The second-order valence-corrected chi connectivity index (χ2v) is 13.1. The standard InChI is InChI=1S/C27H39BrO7/c1-15-9-21-20-10-16(2)27(35-14-33-6,23(32)13-34-17(3)29)25(20,5)12-22(31)26(21,28)24(4)8-7-18(30)11-19(15)24/h11,15-16,20-22,31H,7-10,12-14H2,1-6H3/t15-,16-,20-,21-,22-,24-,25-,26-,27-/m0/s1. The van der Waals surface area contributed by atoms with Gasteiger partial charge in [0.2, 0.25) is 5.78 Å². The van der Waals surface area contributed by atoms with Crippen LogP contribution in [0.4, 0.5) is 0 Å². The topological polar surface area (TPSA) is 99.1 Å². The maximum atomic E-state index is 13.8. The number of hydrogen-bond donors (Lipinski definition) is 1. The highest BCUT2D eigenvalue weighted by molar-refractivity contribution is 9.10. The van der Waals surface area contributed by atoms with Gasteiger partial charge in [-0.05, 0) is 55.4 Å². The van der Waals surface area contributed by atoms with Crippen LogP contribution in [0.5, 0.6) is 0 Å². The molecule has 0 aromatic rings. The highest BCUT2D eigenvalue weighted by atomic mass is 79.9. The third kappa shape index (κ3) is 3.57. The maximum Gasteiger partial charge on any atom is 0.303 e. The molecular formula is C27H39BrO7. The van der Waals surface area contributed by atoms with Gasteiger partial charge in [0.05, 0.1) is 10.4 Å². The van der Waals surface area contributed by atoms with E-state index in [4.69, 9.17) is 14.2 Å². The number of methoxy groups -OCH3 is 1. The van der Waals surface area contributed by atoms with Crippen LogP contribution < -0.4 is 0 Å². The number of ketones is 2. The van der Waals surface area contributed by atoms with Crippen molar-refractivity contribution in [1.29, 1.82) is 0 Å². The first-order chi connectivity index (χ1) is 16.3. The number of allylic oxidation sites excluding steroid dienone is 1. The zero-order valence-electron chi connectivity index (χ0n) is 21.7. The van der Waals surface area contributed by atoms with Gasteiger partial charge in [-0.25, -0.2) is 0 Å². The predicted octanol–water partition coefficient (Wildman–Crippen LogP) is 3.99. The Kier molecular flexibility index (Phi) is 6.96. The Hall–Kier alpha value is -1.09. The van der Waals surface area contributed by atoms with Crippen LogP contribution in [0.3, 0.4) is 0 Å². The molecule has 196 valence electrons. The summed E-state index contributed by atoms with van der Waals surface area (Å²) in [4.78, 5) is 37.7. The summed E-state index contributed by atoms with van der Waals surface area (Å²) in [5, 5.41) is 11.9. The third-order valence-electron chi connectivity index (χ3n) is 10.1. The van der Waals surface area contributed by atoms with Crippen LogP contribution in [0.15, 0.2) is 11.6 Å². The quantitative estimate of drug-likeness (QED) is 0.301. The van der Waals surface area contributed by atoms with Gasteiger partial charge in [-0.15, -0.1) is 0 Å². The number of carbonyl (C=O) groups is 3. The van der Waals surface area contributed by atoms with Crippen LogP contribution in [0.25, 0.3) is 0 Å². The highest BCUT2D eigenvalue weighted by Crippen LogP contribution is 2.73. The van der Waals surface area contributed by atoms with Gasteiger partial charge in [0.15, 0.2) is 12.4 Å². The van der Waals surface area contributed by atoms with Crippen LogP contribution in [-0.2, 0) is 28.6 Å². The van der Waals surface area contributed by atoms with Gasteiger partial charge in [0, 0.05) is 31.3 Å². The van der Waals surface area contributed by atoms with E-state index in [1.54, 1.807) is 0 Å². The van der Waals surface area contributed by atoms with Crippen LogP contribution in [0.1, 0.15) is 66.7 Å².